The molecule has 0 radical (unpaired) electrons. The van der Waals surface area contributed by atoms with Gasteiger partial charge in [-0.15, -0.1) is 0 Å². The number of anilines is 1. The van der Waals surface area contributed by atoms with Crippen LogP contribution in [0.2, 0.25) is 5.02 Å². The maximum Gasteiger partial charge on any atom is 0.412 e. The summed E-state index contributed by atoms with van der Waals surface area (Å²) in [5.41, 5.74) is 5.85. The molecule has 0 aliphatic rings. The molecule has 0 saturated carbocycles. The number of aromatic nitrogens is 1. The predicted octanol–water partition coefficient (Wildman–Crippen LogP) is 3.11. The van der Waals surface area contributed by atoms with Gasteiger partial charge in [0.1, 0.15) is 18.2 Å². The summed E-state index contributed by atoms with van der Waals surface area (Å²) in [7, 11) is 1.53. The molecule has 3 rings (SSSR count). The Morgan fingerprint density at radius 1 is 1.17 bits per heavy atom. The van der Waals surface area contributed by atoms with E-state index in [0.29, 0.717) is 11.4 Å². The number of amides is 3. The highest BCUT2D eigenvalue weighted by Gasteiger charge is 2.23. The molecule has 3 amide bonds. The van der Waals surface area contributed by atoms with Gasteiger partial charge in [0.15, 0.2) is 0 Å². The van der Waals surface area contributed by atoms with E-state index in [-0.39, 0.29) is 43.5 Å². The number of carbonyl (C=O) groups excluding carboxylic acids is 3. The number of ether oxygens (including phenoxy) is 1. The number of likely N-dealkylation sites (N-methyl/N-ethyl adjacent to an activating group) is 1. The molecule has 0 saturated heterocycles. The predicted molar refractivity (Wildman–Crippen MR) is 135 cm³/mol. The minimum absolute atomic E-state index is 0.0144. The Bertz CT molecular complexity index is 1240. The topological polar surface area (TPSA) is 127 Å². The van der Waals surface area contributed by atoms with Crippen molar-refractivity contribution in [3.63, 3.8) is 0 Å². The van der Waals surface area contributed by atoms with Gasteiger partial charge in [-0.1, -0.05) is 48.0 Å². The molecule has 2 aromatic carbocycles. The van der Waals surface area contributed by atoms with E-state index in [0.717, 1.165) is 10.8 Å². The van der Waals surface area contributed by atoms with Gasteiger partial charge in [0.05, 0.1) is 17.6 Å². The number of fused-ring (bicyclic) bond motifs is 1. The summed E-state index contributed by atoms with van der Waals surface area (Å²) in [6, 6.07) is 13.0. The number of rotatable bonds is 10. The molecule has 0 fully saturated rings. The van der Waals surface area contributed by atoms with Crippen LogP contribution < -0.4 is 16.4 Å². The van der Waals surface area contributed by atoms with Gasteiger partial charge >= 0.3 is 6.09 Å². The summed E-state index contributed by atoms with van der Waals surface area (Å²) in [4.78, 5) is 42.4. The monoisotopic (exact) mass is 515 g/mol. The van der Waals surface area contributed by atoms with Crippen molar-refractivity contribution in [1.82, 2.24) is 15.2 Å². The van der Waals surface area contributed by atoms with E-state index >= 15 is 0 Å². The minimum Gasteiger partial charge on any atom is -0.447 e. The second kappa shape index (κ2) is 12.8. The highest BCUT2D eigenvalue weighted by Crippen LogP contribution is 2.21. The molecule has 190 valence electrons. The van der Waals surface area contributed by atoms with Crippen molar-refractivity contribution in [3.8, 4) is 0 Å². The summed E-state index contributed by atoms with van der Waals surface area (Å²) < 4.78 is 19.0. The summed E-state index contributed by atoms with van der Waals surface area (Å²) in [5.74, 6) is -0.972. The fourth-order valence-electron chi connectivity index (χ4n) is 3.44. The number of hydrogen-bond acceptors (Lipinski definition) is 6. The number of carbonyl (C=O) groups is 3. The lowest BCUT2D eigenvalue weighted by atomic mass is 10.1. The number of hydrogen-bond donors (Lipinski definition) is 3. The van der Waals surface area contributed by atoms with Crippen LogP contribution in [0.3, 0.4) is 0 Å². The van der Waals surface area contributed by atoms with Gasteiger partial charge in [-0.3, -0.25) is 14.9 Å². The summed E-state index contributed by atoms with van der Waals surface area (Å²) in [6.07, 6.45) is 1.12. The second-order valence-corrected chi connectivity index (χ2v) is 8.40. The SMILES string of the molecule is CN(C(=O)CCc1cccc(F)c1Cl)[C@@H](CNC(=O)CN)COC(=O)Nc1cc2ccccc2cn1. The number of halogens is 2. The van der Waals surface area contributed by atoms with Crippen molar-refractivity contribution < 1.29 is 23.5 Å². The van der Waals surface area contributed by atoms with Crippen LogP contribution in [0.4, 0.5) is 15.0 Å². The molecule has 1 aromatic heterocycles. The highest BCUT2D eigenvalue weighted by atomic mass is 35.5. The normalized spacial score (nSPS) is 11.6. The fraction of sp³-hybridized carbons (Fsp3) is 0.280. The first kappa shape index (κ1) is 26.8. The van der Waals surface area contributed by atoms with Gasteiger partial charge in [-0.05, 0) is 29.5 Å². The lowest BCUT2D eigenvalue weighted by Gasteiger charge is -2.28. The van der Waals surface area contributed by atoms with Crippen molar-refractivity contribution in [2.24, 2.45) is 5.73 Å². The van der Waals surface area contributed by atoms with Gasteiger partial charge in [0, 0.05) is 31.6 Å². The molecule has 0 unspecified atom stereocenters. The third-order valence-corrected chi connectivity index (χ3v) is 5.99. The zero-order chi connectivity index (χ0) is 26.1. The van der Waals surface area contributed by atoms with E-state index in [2.05, 4.69) is 15.6 Å². The van der Waals surface area contributed by atoms with E-state index in [9.17, 15) is 18.8 Å². The Kier molecular flexibility index (Phi) is 9.54. The first-order chi connectivity index (χ1) is 17.3. The smallest absolute Gasteiger partial charge is 0.412 e. The number of aryl methyl sites for hydroxylation is 1. The minimum atomic E-state index is -0.764. The highest BCUT2D eigenvalue weighted by molar-refractivity contribution is 6.31. The van der Waals surface area contributed by atoms with Crippen LogP contribution in [-0.2, 0) is 20.7 Å². The van der Waals surface area contributed by atoms with E-state index in [1.165, 1.54) is 24.1 Å². The number of nitrogens with one attached hydrogen (secondary N) is 2. The van der Waals surface area contributed by atoms with E-state index < -0.39 is 23.9 Å². The van der Waals surface area contributed by atoms with Crippen molar-refractivity contribution in [2.75, 3.05) is 32.1 Å². The van der Waals surface area contributed by atoms with Crippen LogP contribution in [0.5, 0.6) is 0 Å². The molecular weight excluding hydrogens is 489 g/mol. The van der Waals surface area contributed by atoms with Crippen LogP contribution in [0.25, 0.3) is 10.8 Å². The molecule has 9 nitrogen and oxygen atoms in total. The number of nitrogens with zero attached hydrogens (tertiary/aromatic N) is 2. The van der Waals surface area contributed by atoms with Gasteiger partial charge in [-0.25, -0.2) is 14.2 Å². The quantitative estimate of drug-likeness (QED) is 0.381. The van der Waals surface area contributed by atoms with E-state index in [4.69, 9.17) is 22.1 Å². The molecule has 0 aliphatic carbocycles. The molecule has 36 heavy (non-hydrogen) atoms. The molecule has 11 heteroatoms. The van der Waals surface area contributed by atoms with Crippen LogP contribution in [0.1, 0.15) is 12.0 Å². The second-order valence-electron chi connectivity index (χ2n) is 8.02. The maximum absolute atomic E-state index is 13.7. The summed E-state index contributed by atoms with van der Waals surface area (Å²) in [6.45, 7) is -0.412. The van der Waals surface area contributed by atoms with Crippen LogP contribution in [0.15, 0.2) is 54.7 Å². The van der Waals surface area contributed by atoms with Gasteiger partial charge in [0.2, 0.25) is 11.8 Å². The molecule has 0 aliphatic heterocycles. The third kappa shape index (κ3) is 7.37. The van der Waals surface area contributed by atoms with Crippen LogP contribution in [0, 0.1) is 5.82 Å². The fourth-order valence-corrected chi connectivity index (χ4v) is 3.66. The standard InChI is InChI=1S/C25H27ClFN5O4/c1-32(23(34)10-9-16-7-4-8-20(27)24(16)26)19(14-30-22(33)12-28)15-36-25(35)31-21-11-17-5-2-3-6-18(17)13-29-21/h2-8,11,13,19H,9-10,12,14-15,28H2,1H3,(H,30,33)(H,29,31,35)/t19-/m0/s1. The van der Waals surface area contributed by atoms with Crippen molar-refractivity contribution in [1.29, 1.82) is 0 Å². The third-order valence-electron chi connectivity index (χ3n) is 5.57. The Labute approximate surface area is 212 Å². The molecule has 1 heterocycles. The molecule has 1 atom stereocenters. The lowest BCUT2D eigenvalue weighted by Crippen LogP contribution is -2.48. The Hall–Kier alpha value is -3.76. The average molecular weight is 516 g/mol. The molecule has 0 spiro atoms. The summed E-state index contributed by atoms with van der Waals surface area (Å²) >= 11 is 5.97. The zero-order valence-corrected chi connectivity index (χ0v) is 20.4. The van der Waals surface area contributed by atoms with Gasteiger partial charge in [-0.2, -0.15) is 0 Å². The number of nitrogens with two attached hydrogens (primary N) is 1. The first-order valence-electron chi connectivity index (χ1n) is 11.2. The molecule has 4 N–H and O–H groups in total. The van der Waals surface area contributed by atoms with Crippen LogP contribution >= 0.6 is 11.6 Å². The summed E-state index contributed by atoms with van der Waals surface area (Å²) in [5, 5.41) is 6.95. The number of benzene rings is 2. The van der Waals surface area contributed by atoms with E-state index in [1.54, 1.807) is 18.3 Å². The average Bonchev–Trinajstić information content (AvgIpc) is 2.88. The largest absolute Gasteiger partial charge is 0.447 e. The molecule has 3 aromatic rings. The Morgan fingerprint density at radius 3 is 2.67 bits per heavy atom. The van der Waals surface area contributed by atoms with E-state index in [1.807, 2.05) is 24.3 Å². The zero-order valence-electron chi connectivity index (χ0n) is 19.7. The van der Waals surface area contributed by atoms with Gasteiger partial charge in [0.25, 0.3) is 0 Å². The Balaban J connectivity index is 1.60. The molecular formula is C25H27ClFN5O4. The Morgan fingerprint density at radius 2 is 1.92 bits per heavy atom. The van der Waals surface area contributed by atoms with Crippen molar-refractivity contribution >= 4 is 46.1 Å². The molecule has 0 bridgehead atoms. The van der Waals surface area contributed by atoms with Crippen molar-refractivity contribution in [2.45, 2.75) is 18.9 Å². The van der Waals surface area contributed by atoms with Crippen molar-refractivity contribution in [3.05, 3.63) is 71.1 Å². The first-order valence-corrected chi connectivity index (χ1v) is 11.6. The lowest BCUT2D eigenvalue weighted by molar-refractivity contribution is -0.133. The van der Waals surface area contributed by atoms with Crippen LogP contribution in [-0.4, -0.2) is 60.6 Å². The van der Waals surface area contributed by atoms with Gasteiger partial charge < -0.3 is 20.7 Å². The maximum atomic E-state index is 13.7. The number of pyridine rings is 1.